The molecular weight excluding hydrogens is 605 g/mol. The fourth-order valence-electron chi connectivity index (χ4n) is 8.46. The Morgan fingerprint density at radius 3 is 2.32 bits per heavy atom. The van der Waals surface area contributed by atoms with Gasteiger partial charge in [0.2, 0.25) is 0 Å². The molecule has 2 atom stereocenters. The van der Waals surface area contributed by atoms with Crippen LogP contribution in [-0.2, 0) is 0 Å². The van der Waals surface area contributed by atoms with Crippen LogP contribution in [0.25, 0.3) is 77.1 Å². The number of allylic oxidation sites excluding steroid dienone is 12. The number of hydrogen-bond donors (Lipinski definition) is 0. The first kappa shape index (κ1) is 29.0. The molecule has 0 amide bonds. The molecular formula is C48H36N2. The molecule has 0 radical (unpaired) electrons. The van der Waals surface area contributed by atoms with Gasteiger partial charge in [-0.1, -0.05) is 147 Å². The molecule has 0 fully saturated rings. The SMILES string of the molecule is C[C@@]12C=CC=CC1C=CC(c1c3ccccc3c(-c3ccc4ccccc4c3)c3ccc(-c4nc5ccccc5n4C4=CCCC=C4)cc13)=C2. The number of benzene rings is 6. The highest BCUT2D eigenvalue weighted by molar-refractivity contribution is 6.20. The fourth-order valence-corrected chi connectivity index (χ4v) is 8.46. The topological polar surface area (TPSA) is 17.8 Å². The van der Waals surface area contributed by atoms with Gasteiger partial charge in [-0.05, 0) is 97.8 Å². The summed E-state index contributed by atoms with van der Waals surface area (Å²) in [6.45, 7) is 2.36. The summed E-state index contributed by atoms with van der Waals surface area (Å²) in [4.78, 5) is 5.29. The third-order valence-corrected chi connectivity index (χ3v) is 11.0. The number of fused-ring (bicyclic) bond motifs is 5. The van der Waals surface area contributed by atoms with E-state index in [4.69, 9.17) is 4.98 Å². The lowest BCUT2D eigenvalue weighted by atomic mass is 9.69. The van der Waals surface area contributed by atoms with Crippen molar-refractivity contribution in [2.45, 2.75) is 19.8 Å². The van der Waals surface area contributed by atoms with Gasteiger partial charge in [-0.25, -0.2) is 4.98 Å². The summed E-state index contributed by atoms with van der Waals surface area (Å²) in [6, 6.07) is 40.1. The first-order valence-electron chi connectivity index (χ1n) is 17.7. The minimum atomic E-state index is -0.0886. The molecule has 6 aromatic carbocycles. The number of rotatable bonds is 4. The predicted molar refractivity (Wildman–Crippen MR) is 213 cm³/mol. The average molecular weight is 641 g/mol. The zero-order valence-corrected chi connectivity index (χ0v) is 28.1. The molecule has 0 spiro atoms. The molecule has 10 rings (SSSR count). The van der Waals surface area contributed by atoms with E-state index >= 15 is 0 Å². The van der Waals surface area contributed by atoms with Crippen molar-refractivity contribution in [1.82, 2.24) is 9.55 Å². The molecule has 7 aromatic rings. The molecule has 2 heteroatoms. The Labute approximate surface area is 292 Å². The largest absolute Gasteiger partial charge is 0.293 e. The van der Waals surface area contributed by atoms with E-state index in [2.05, 4.69) is 181 Å². The Morgan fingerprint density at radius 2 is 1.44 bits per heavy atom. The van der Waals surface area contributed by atoms with E-state index in [0.29, 0.717) is 5.92 Å². The van der Waals surface area contributed by atoms with E-state index in [9.17, 15) is 0 Å². The molecule has 0 aliphatic heterocycles. The van der Waals surface area contributed by atoms with Gasteiger partial charge in [0.1, 0.15) is 5.82 Å². The Bertz CT molecular complexity index is 2730. The van der Waals surface area contributed by atoms with Gasteiger partial charge in [0.05, 0.1) is 11.0 Å². The zero-order valence-electron chi connectivity index (χ0n) is 28.1. The number of para-hydroxylation sites is 2. The Balaban J connectivity index is 1.30. The third-order valence-electron chi connectivity index (χ3n) is 11.0. The van der Waals surface area contributed by atoms with Crippen molar-refractivity contribution < 1.29 is 0 Å². The van der Waals surface area contributed by atoms with Crippen LogP contribution >= 0.6 is 0 Å². The second-order valence-corrected chi connectivity index (χ2v) is 14.1. The Hall–Kier alpha value is -5.99. The van der Waals surface area contributed by atoms with E-state index in [1.807, 2.05) is 0 Å². The summed E-state index contributed by atoms with van der Waals surface area (Å²) < 4.78 is 2.35. The standard InChI is InChI=1S/C48H36N2/c1-48-28-12-11-15-37(48)26-24-36(31-48)46-40-19-8-7-18-39(40)45(34-23-22-32-13-5-6-14-33(32)29-34)41-27-25-35(30-42(41)46)47-49-43-20-9-10-21-44(43)50(47)38-16-3-2-4-17-38/h3,5-31,37H,2,4H2,1H3/t37?,48-/m0/s1. The average Bonchev–Trinajstić information content (AvgIpc) is 3.56. The highest BCUT2D eigenvalue weighted by Gasteiger charge is 2.32. The summed E-state index contributed by atoms with van der Waals surface area (Å²) in [5, 5.41) is 7.52. The van der Waals surface area contributed by atoms with Gasteiger partial charge in [0.25, 0.3) is 0 Å². The number of hydrogen-bond acceptors (Lipinski definition) is 1. The second kappa shape index (κ2) is 11.3. The number of imidazole rings is 1. The molecule has 1 unspecified atom stereocenters. The highest BCUT2D eigenvalue weighted by atomic mass is 15.1. The summed E-state index contributed by atoms with van der Waals surface area (Å²) in [6.07, 6.45) is 25.3. The molecule has 238 valence electrons. The lowest BCUT2D eigenvalue weighted by Crippen LogP contribution is -2.24. The molecule has 0 N–H and O–H groups in total. The minimum Gasteiger partial charge on any atom is -0.293 e. The molecule has 3 aliphatic carbocycles. The smallest absolute Gasteiger partial charge is 0.145 e. The Kier molecular flexibility index (Phi) is 6.54. The normalized spacial score (nSPS) is 19.7. The van der Waals surface area contributed by atoms with Gasteiger partial charge < -0.3 is 0 Å². The van der Waals surface area contributed by atoms with Gasteiger partial charge in [-0.15, -0.1) is 0 Å². The Morgan fingerprint density at radius 1 is 0.660 bits per heavy atom. The first-order chi connectivity index (χ1) is 24.6. The summed E-state index contributed by atoms with van der Waals surface area (Å²) >= 11 is 0. The summed E-state index contributed by atoms with van der Waals surface area (Å²) in [5.74, 6) is 1.32. The number of nitrogens with zero attached hydrogens (tertiary/aromatic N) is 2. The van der Waals surface area contributed by atoms with Crippen LogP contribution in [0.3, 0.4) is 0 Å². The lowest BCUT2D eigenvalue weighted by molar-refractivity contribution is 0.454. The predicted octanol–water partition coefficient (Wildman–Crippen LogP) is 12.7. The van der Waals surface area contributed by atoms with Crippen LogP contribution in [0.4, 0.5) is 0 Å². The van der Waals surface area contributed by atoms with E-state index in [1.165, 1.54) is 60.3 Å². The zero-order chi connectivity index (χ0) is 33.2. The van der Waals surface area contributed by atoms with Crippen LogP contribution in [-0.4, -0.2) is 9.55 Å². The van der Waals surface area contributed by atoms with Crippen molar-refractivity contribution in [3.05, 3.63) is 176 Å². The van der Waals surface area contributed by atoms with Crippen molar-refractivity contribution in [3.63, 3.8) is 0 Å². The molecule has 3 aliphatic rings. The van der Waals surface area contributed by atoms with E-state index in [0.717, 1.165) is 35.3 Å². The lowest BCUT2D eigenvalue weighted by Gasteiger charge is -2.34. The van der Waals surface area contributed by atoms with Crippen LogP contribution in [0.15, 0.2) is 170 Å². The van der Waals surface area contributed by atoms with Crippen LogP contribution in [0, 0.1) is 11.3 Å². The van der Waals surface area contributed by atoms with E-state index in [-0.39, 0.29) is 5.41 Å². The van der Waals surface area contributed by atoms with E-state index in [1.54, 1.807) is 0 Å². The maximum Gasteiger partial charge on any atom is 0.145 e. The van der Waals surface area contributed by atoms with Gasteiger partial charge in [-0.3, -0.25) is 4.57 Å². The molecule has 1 aromatic heterocycles. The fraction of sp³-hybridized carbons (Fsp3) is 0.104. The van der Waals surface area contributed by atoms with Gasteiger partial charge >= 0.3 is 0 Å². The van der Waals surface area contributed by atoms with Gasteiger partial charge in [-0.2, -0.15) is 0 Å². The number of aromatic nitrogens is 2. The van der Waals surface area contributed by atoms with Gasteiger partial charge in [0.15, 0.2) is 0 Å². The van der Waals surface area contributed by atoms with Gasteiger partial charge in [0, 0.05) is 22.6 Å². The quantitative estimate of drug-likeness (QED) is 0.175. The molecule has 0 saturated heterocycles. The molecule has 2 nitrogen and oxygen atoms in total. The van der Waals surface area contributed by atoms with E-state index < -0.39 is 0 Å². The maximum atomic E-state index is 5.29. The van der Waals surface area contributed by atoms with Crippen LogP contribution in [0.1, 0.15) is 25.3 Å². The summed E-state index contributed by atoms with van der Waals surface area (Å²) in [5.41, 5.74) is 9.39. The molecule has 0 bridgehead atoms. The molecule has 1 heterocycles. The monoisotopic (exact) mass is 640 g/mol. The van der Waals surface area contributed by atoms with Crippen molar-refractivity contribution in [2.24, 2.45) is 11.3 Å². The maximum absolute atomic E-state index is 5.29. The second-order valence-electron chi connectivity index (χ2n) is 14.1. The van der Waals surface area contributed by atoms with Crippen molar-refractivity contribution in [2.75, 3.05) is 0 Å². The van der Waals surface area contributed by atoms with Crippen molar-refractivity contribution in [1.29, 1.82) is 0 Å². The first-order valence-corrected chi connectivity index (χ1v) is 17.7. The van der Waals surface area contributed by atoms with Crippen LogP contribution in [0.5, 0.6) is 0 Å². The highest BCUT2D eigenvalue weighted by Crippen LogP contribution is 2.48. The van der Waals surface area contributed by atoms with Crippen LogP contribution in [0.2, 0.25) is 0 Å². The third kappa shape index (κ3) is 4.52. The molecule has 50 heavy (non-hydrogen) atoms. The van der Waals surface area contributed by atoms with Crippen molar-refractivity contribution in [3.8, 4) is 22.5 Å². The van der Waals surface area contributed by atoms with Crippen LogP contribution < -0.4 is 0 Å². The minimum absolute atomic E-state index is 0.0886. The molecule has 0 saturated carbocycles. The summed E-state index contributed by atoms with van der Waals surface area (Å²) in [7, 11) is 0. The van der Waals surface area contributed by atoms with Crippen molar-refractivity contribution >= 4 is 54.6 Å².